The van der Waals surface area contributed by atoms with Gasteiger partial charge in [-0.1, -0.05) is 11.6 Å². The van der Waals surface area contributed by atoms with Crippen LogP contribution >= 0.6 is 11.6 Å². The summed E-state index contributed by atoms with van der Waals surface area (Å²) < 4.78 is 1.79. The number of pyridine rings is 1. The van der Waals surface area contributed by atoms with Gasteiger partial charge in [-0.3, -0.25) is 0 Å². The van der Waals surface area contributed by atoms with Gasteiger partial charge in [0.2, 0.25) is 0 Å². The van der Waals surface area contributed by atoms with Crippen molar-refractivity contribution in [1.82, 2.24) is 14.6 Å². The monoisotopic (exact) mass is 250 g/mol. The lowest BCUT2D eigenvalue weighted by atomic mass is 9.86. The quantitative estimate of drug-likeness (QED) is 0.845. The van der Waals surface area contributed by atoms with E-state index in [4.69, 9.17) is 17.3 Å². The van der Waals surface area contributed by atoms with Crippen LogP contribution in [-0.4, -0.2) is 20.6 Å². The van der Waals surface area contributed by atoms with Crippen LogP contribution in [0.2, 0.25) is 5.02 Å². The number of halogens is 1. The Morgan fingerprint density at radius 1 is 1.29 bits per heavy atom. The highest BCUT2D eigenvalue weighted by molar-refractivity contribution is 6.30. The Bertz CT molecular complexity index is 528. The molecule has 0 amide bonds. The standard InChI is InChI=1S/C12H15ClN4/c13-9-5-6-17-11(7-9)15-12(16-17)8-1-3-10(14)4-2-8/h5-8,10H,1-4,14H2. The molecule has 0 unspecified atom stereocenters. The Morgan fingerprint density at radius 2 is 2.06 bits per heavy atom. The zero-order valence-corrected chi connectivity index (χ0v) is 10.3. The number of fused-ring (bicyclic) bond motifs is 1. The third-order valence-electron chi connectivity index (χ3n) is 3.45. The van der Waals surface area contributed by atoms with E-state index in [1.54, 1.807) is 4.52 Å². The van der Waals surface area contributed by atoms with Crippen LogP contribution in [0.5, 0.6) is 0 Å². The molecule has 1 fully saturated rings. The van der Waals surface area contributed by atoms with Gasteiger partial charge >= 0.3 is 0 Å². The number of rotatable bonds is 1. The minimum atomic E-state index is 0.359. The summed E-state index contributed by atoms with van der Waals surface area (Å²) in [7, 11) is 0. The van der Waals surface area contributed by atoms with Gasteiger partial charge in [0.1, 0.15) is 0 Å². The second kappa shape index (κ2) is 4.27. The highest BCUT2D eigenvalue weighted by Gasteiger charge is 2.23. The largest absolute Gasteiger partial charge is 0.328 e. The normalized spacial score (nSPS) is 25.3. The van der Waals surface area contributed by atoms with Crippen molar-refractivity contribution in [3.63, 3.8) is 0 Å². The first kappa shape index (κ1) is 11.0. The maximum absolute atomic E-state index is 5.94. The minimum absolute atomic E-state index is 0.359. The SMILES string of the molecule is NC1CCC(c2nc3cc(Cl)ccn3n2)CC1. The molecule has 1 saturated carbocycles. The number of hydrogen-bond donors (Lipinski definition) is 1. The molecule has 0 saturated heterocycles. The van der Waals surface area contributed by atoms with Gasteiger partial charge in [-0.05, 0) is 31.7 Å². The minimum Gasteiger partial charge on any atom is -0.328 e. The lowest BCUT2D eigenvalue weighted by Crippen LogP contribution is -2.26. The summed E-state index contributed by atoms with van der Waals surface area (Å²) in [5.74, 6) is 1.38. The molecule has 5 heteroatoms. The summed E-state index contributed by atoms with van der Waals surface area (Å²) in [5.41, 5.74) is 6.73. The molecule has 17 heavy (non-hydrogen) atoms. The Labute approximate surface area is 105 Å². The van der Waals surface area contributed by atoms with E-state index < -0.39 is 0 Å². The summed E-state index contributed by atoms with van der Waals surface area (Å²) >= 11 is 5.94. The van der Waals surface area contributed by atoms with Crippen LogP contribution in [0.4, 0.5) is 0 Å². The molecule has 0 aliphatic heterocycles. The second-order valence-corrected chi connectivity index (χ2v) is 5.17. The van der Waals surface area contributed by atoms with Crippen LogP contribution in [0.25, 0.3) is 5.65 Å². The summed E-state index contributed by atoms with van der Waals surface area (Å²) in [4.78, 5) is 4.55. The second-order valence-electron chi connectivity index (χ2n) is 4.73. The summed E-state index contributed by atoms with van der Waals surface area (Å²) in [6, 6.07) is 4.02. The van der Waals surface area contributed by atoms with Crippen molar-refractivity contribution in [2.75, 3.05) is 0 Å². The average molecular weight is 251 g/mol. The van der Waals surface area contributed by atoms with E-state index in [2.05, 4.69) is 10.1 Å². The van der Waals surface area contributed by atoms with Crippen molar-refractivity contribution in [3.05, 3.63) is 29.2 Å². The number of nitrogens with two attached hydrogens (primary N) is 1. The fraction of sp³-hybridized carbons (Fsp3) is 0.500. The first-order valence-electron chi connectivity index (χ1n) is 6.00. The van der Waals surface area contributed by atoms with Crippen molar-refractivity contribution >= 4 is 17.2 Å². The van der Waals surface area contributed by atoms with E-state index in [-0.39, 0.29) is 0 Å². The predicted octanol–water partition coefficient (Wildman–Crippen LogP) is 2.37. The Balaban J connectivity index is 1.90. The number of nitrogens with zero attached hydrogens (tertiary/aromatic N) is 3. The van der Waals surface area contributed by atoms with E-state index in [0.29, 0.717) is 17.0 Å². The van der Waals surface area contributed by atoms with Gasteiger partial charge in [-0.2, -0.15) is 5.10 Å². The van der Waals surface area contributed by atoms with E-state index in [0.717, 1.165) is 37.2 Å². The lowest BCUT2D eigenvalue weighted by molar-refractivity contribution is 0.385. The molecule has 1 aliphatic carbocycles. The molecule has 90 valence electrons. The van der Waals surface area contributed by atoms with Gasteiger partial charge in [0.25, 0.3) is 0 Å². The van der Waals surface area contributed by atoms with E-state index in [1.807, 2.05) is 18.3 Å². The van der Waals surface area contributed by atoms with Crippen LogP contribution < -0.4 is 5.73 Å². The molecule has 2 aromatic heterocycles. The van der Waals surface area contributed by atoms with Crippen molar-refractivity contribution in [2.24, 2.45) is 5.73 Å². The van der Waals surface area contributed by atoms with Gasteiger partial charge in [0.15, 0.2) is 11.5 Å². The lowest BCUT2D eigenvalue weighted by Gasteiger charge is -2.23. The molecule has 2 N–H and O–H groups in total. The van der Waals surface area contributed by atoms with E-state index in [9.17, 15) is 0 Å². The highest BCUT2D eigenvalue weighted by atomic mass is 35.5. The molecule has 2 aromatic rings. The van der Waals surface area contributed by atoms with Gasteiger partial charge in [0, 0.05) is 29.2 Å². The third-order valence-corrected chi connectivity index (χ3v) is 3.69. The number of hydrogen-bond acceptors (Lipinski definition) is 3. The maximum Gasteiger partial charge on any atom is 0.157 e. The summed E-state index contributed by atoms with van der Waals surface area (Å²) in [6.07, 6.45) is 6.17. The summed E-state index contributed by atoms with van der Waals surface area (Å²) in [5, 5.41) is 5.21. The van der Waals surface area contributed by atoms with E-state index >= 15 is 0 Å². The van der Waals surface area contributed by atoms with Crippen LogP contribution in [0.15, 0.2) is 18.3 Å². The molecule has 0 bridgehead atoms. The molecule has 0 atom stereocenters. The van der Waals surface area contributed by atoms with Crippen molar-refractivity contribution in [2.45, 2.75) is 37.6 Å². The molecule has 4 nitrogen and oxygen atoms in total. The Kier molecular flexibility index (Phi) is 2.76. The van der Waals surface area contributed by atoms with Crippen molar-refractivity contribution in [3.8, 4) is 0 Å². The third kappa shape index (κ3) is 2.15. The Morgan fingerprint density at radius 3 is 2.82 bits per heavy atom. The average Bonchev–Trinajstić information content (AvgIpc) is 2.72. The van der Waals surface area contributed by atoms with Crippen LogP contribution in [0, 0.1) is 0 Å². The van der Waals surface area contributed by atoms with Crippen LogP contribution in [-0.2, 0) is 0 Å². The molecular formula is C12H15ClN4. The van der Waals surface area contributed by atoms with Crippen molar-refractivity contribution in [1.29, 1.82) is 0 Å². The van der Waals surface area contributed by atoms with Gasteiger partial charge in [0.05, 0.1) is 0 Å². The van der Waals surface area contributed by atoms with Crippen LogP contribution in [0.1, 0.15) is 37.4 Å². The highest BCUT2D eigenvalue weighted by Crippen LogP contribution is 2.30. The zero-order valence-electron chi connectivity index (χ0n) is 9.51. The van der Waals surface area contributed by atoms with Crippen LogP contribution in [0.3, 0.4) is 0 Å². The molecule has 3 rings (SSSR count). The molecule has 0 spiro atoms. The molecule has 2 heterocycles. The predicted molar refractivity (Wildman–Crippen MR) is 67.2 cm³/mol. The Hall–Kier alpha value is -1.13. The first-order valence-corrected chi connectivity index (χ1v) is 6.37. The summed E-state index contributed by atoms with van der Waals surface area (Å²) in [6.45, 7) is 0. The zero-order chi connectivity index (χ0) is 11.8. The van der Waals surface area contributed by atoms with Gasteiger partial charge in [-0.15, -0.1) is 0 Å². The molecule has 0 radical (unpaired) electrons. The first-order chi connectivity index (χ1) is 8.22. The topological polar surface area (TPSA) is 56.2 Å². The number of aromatic nitrogens is 3. The van der Waals surface area contributed by atoms with Crippen molar-refractivity contribution < 1.29 is 0 Å². The fourth-order valence-electron chi connectivity index (χ4n) is 2.42. The molecule has 1 aliphatic rings. The maximum atomic E-state index is 5.94. The molecular weight excluding hydrogens is 236 g/mol. The smallest absolute Gasteiger partial charge is 0.157 e. The van der Waals surface area contributed by atoms with E-state index in [1.165, 1.54) is 0 Å². The van der Waals surface area contributed by atoms with Gasteiger partial charge in [-0.25, -0.2) is 9.50 Å². The van der Waals surface area contributed by atoms with Gasteiger partial charge < -0.3 is 5.73 Å². The molecule has 0 aromatic carbocycles. The fourth-order valence-corrected chi connectivity index (χ4v) is 2.58.